The molecule has 0 fully saturated rings. The molecule has 0 saturated heterocycles. The molecular formula is C9H14S2. The molecule has 0 amide bonds. The summed E-state index contributed by atoms with van der Waals surface area (Å²) in [5.41, 5.74) is 0. The number of hydrogen-bond donors (Lipinski definition) is 0. The maximum Gasteiger partial charge on any atom is 0.0284 e. The van der Waals surface area contributed by atoms with Crippen molar-refractivity contribution in [3.05, 3.63) is 22.4 Å². The lowest BCUT2D eigenvalue weighted by molar-refractivity contribution is 0.802. The molecular weight excluding hydrogens is 172 g/mol. The van der Waals surface area contributed by atoms with E-state index in [1.54, 1.807) is 0 Å². The third-order valence-electron chi connectivity index (χ3n) is 1.23. The summed E-state index contributed by atoms with van der Waals surface area (Å²) >= 11 is 3.84. The number of rotatable bonds is 2. The van der Waals surface area contributed by atoms with Gasteiger partial charge < -0.3 is 0 Å². The van der Waals surface area contributed by atoms with Crippen LogP contribution in [0, 0.1) is 0 Å². The van der Waals surface area contributed by atoms with Gasteiger partial charge in [0.1, 0.15) is 0 Å². The third-order valence-corrected chi connectivity index (χ3v) is 3.61. The van der Waals surface area contributed by atoms with Gasteiger partial charge in [0.2, 0.25) is 0 Å². The van der Waals surface area contributed by atoms with Crippen LogP contribution in [0.5, 0.6) is 0 Å². The number of hydrogen-bond acceptors (Lipinski definition) is 2. The Bertz CT molecular complexity index is 194. The lowest BCUT2D eigenvalue weighted by Gasteiger charge is -2.16. The van der Waals surface area contributed by atoms with Crippen molar-refractivity contribution in [2.45, 2.75) is 31.3 Å². The van der Waals surface area contributed by atoms with Gasteiger partial charge in [0, 0.05) is 15.4 Å². The predicted molar refractivity (Wildman–Crippen MR) is 55.4 cm³/mol. The van der Waals surface area contributed by atoms with E-state index in [1.807, 2.05) is 23.1 Å². The molecule has 0 atom stereocenters. The van der Waals surface area contributed by atoms with Crippen molar-refractivity contribution < 1.29 is 0 Å². The summed E-state index contributed by atoms with van der Waals surface area (Å²) in [5.74, 6) is 1.15. The van der Waals surface area contributed by atoms with Gasteiger partial charge in [0.15, 0.2) is 0 Å². The molecule has 0 N–H and O–H groups in total. The second-order valence-electron chi connectivity index (χ2n) is 3.48. The highest BCUT2D eigenvalue weighted by atomic mass is 32.2. The first-order valence-corrected chi connectivity index (χ1v) is 5.61. The highest BCUT2D eigenvalue weighted by molar-refractivity contribution is 7.99. The first-order chi connectivity index (χ1) is 5.08. The summed E-state index contributed by atoms with van der Waals surface area (Å²) in [6.45, 7) is 6.77. The van der Waals surface area contributed by atoms with E-state index in [4.69, 9.17) is 0 Å². The second kappa shape index (κ2) is 3.63. The van der Waals surface area contributed by atoms with Crippen LogP contribution in [-0.4, -0.2) is 4.75 Å². The quantitative estimate of drug-likeness (QED) is 0.677. The van der Waals surface area contributed by atoms with Crippen LogP contribution < -0.4 is 0 Å². The molecule has 62 valence electrons. The fourth-order valence-electron chi connectivity index (χ4n) is 0.682. The van der Waals surface area contributed by atoms with Crippen LogP contribution in [0.2, 0.25) is 0 Å². The van der Waals surface area contributed by atoms with Crippen LogP contribution in [-0.2, 0) is 5.75 Å². The molecule has 11 heavy (non-hydrogen) atoms. The molecule has 0 bridgehead atoms. The summed E-state index contributed by atoms with van der Waals surface area (Å²) in [4.78, 5) is 1.48. The lowest BCUT2D eigenvalue weighted by atomic mass is 10.3. The Labute approximate surface area is 77.0 Å². The van der Waals surface area contributed by atoms with Gasteiger partial charge in [-0.2, -0.15) is 11.8 Å². The predicted octanol–water partition coefficient (Wildman–Crippen LogP) is 3.78. The van der Waals surface area contributed by atoms with Crippen molar-refractivity contribution in [3.8, 4) is 0 Å². The van der Waals surface area contributed by atoms with Crippen LogP contribution in [0.3, 0.4) is 0 Å². The van der Waals surface area contributed by atoms with E-state index >= 15 is 0 Å². The maximum absolute atomic E-state index is 2.26. The Hall–Kier alpha value is 0.0500. The Balaban J connectivity index is 2.35. The van der Waals surface area contributed by atoms with Gasteiger partial charge in [0.25, 0.3) is 0 Å². The zero-order chi connectivity index (χ0) is 8.32. The highest BCUT2D eigenvalue weighted by Crippen LogP contribution is 2.28. The molecule has 0 aliphatic rings. The van der Waals surface area contributed by atoms with E-state index in [2.05, 4.69) is 38.3 Å². The van der Waals surface area contributed by atoms with Gasteiger partial charge in [-0.25, -0.2) is 0 Å². The minimum absolute atomic E-state index is 0.393. The SMILES string of the molecule is CC(C)(C)SCc1cccs1. The summed E-state index contributed by atoms with van der Waals surface area (Å²) in [5, 5.41) is 2.14. The first-order valence-electron chi connectivity index (χ1n) is 3.74. The van der Waals surface area contributed by atoms with E-state index in [0.29, 0.717) is 4.75 Å². The molecule has 0 aliphatic heterocycles. The molecule has 1 aromatic rings. The van der Waals surface area contributed by atoms with Crippen molar-refractivity contribution in [1.82, 2.24) is 0 Å². The summed E-state index contributed by atoms with van der Waals surface area (Å²) < 4.78 is 0.393. The Morgan fingerprint density at radius 3 is 2.64 bits per heavy atom. The molecule has 0 spiro atoms. The van der Waals surface area contributed by atoms with Gasteiger partial charge in [-0.3, -0.25) is 0 Å². The van der Waals surface area contributed by atoms with E-state index in [1.165, 1.54) is 4.88 Å². The van der Waals surface area contributed by atoms with Crippen LogP contribution in [0.15, 0.2) is 17.5 Å². The third kappa shape index (κ3) is 3.82. The van der Waals surface area contributed by atoms with E-state index < -0.39 is 0 Å². The zero-order valence-corrected chi connectivity index (χ0v) is 8.89. The smallest absolute Gasteiger partial charge is 0.0284 e. The van der Waals surface area contributed by atoms with Crippen molar-refractivity contribution >= 4 is 23.1 Å². The molecule has 0 unspecified atom stereocenters. The summed E-state index contributed by atoms with van der Waals surface area (Å²) in [6, 6.07) is 4.31. The second-order valence-corrected chi connectivity index (χ2v) is 6.31. The molecule has 1 aromatic heterocycles. The zero-order valence-electron chi connectivity index (χ0n) is 7.26. The standard InChI is InChI=1S/C9H14S2/c1-9(2,3)11-7-8-5-4-6-10-8/h4-6H,7H2,1-3H3. The Kier molecular flexibility index (Phi) is 3.02. The lowest BCUT2D eigenvalue weighted by Crippen LogP contribution is -2.06. The summed E-state index contributed by atoms with van der Waals surface area (Å²) in [7, 11) is 0. The monoisotopic (exact) mass is 186 g/mol. The minimum atomic E-state index is 0.393. The van der Waals surface area contributed by atoms with Gasteiger partial charge in [-0.05, 0) is 11.4 Å². The maximum atomic E-state index is 2.26. The minimum Gasteiger partial charge on any atom is -0.150 e. The van der Waals surface area contributed by atoms with Crippen molar-refractivity contribution in [1.29, 1.82) is 0 Å². The molecule has 1 rings (SSSR count). The van der Waals surface area contributed by atoms with Gasteiger partial charge in [0.05, 0.1) is 0 Å². The van der Waals surface area contributed by atoms with Crippen LogP contribution >= 0.6 is 23.1 Å². The average Bonchev–Trinajstić information content (AvgIpc) is 2.32. The normalized spacial score (nSPS) is 11.9. The van der Waals surface area contributed by atoms with E-state index in [-0.39, 0.29) is 0 Å². The van der Waals surface area contributed by atoms with Crippen molar-refractivity contribution in [2.75, 3.05) is 0 Å². The van der Waals surface area contributed by atoms with Gasteiger partial charge in [-0.1, -0.05) is 26.8 Å². The van der Waals surface area contributed by atoms with Crippen molar-refractivity contribution in [2.24, 2.45) is 0 Å². The van der Waals surface area contributed by atoms with Crippen LogP contribution in [0.1, 0.15) is 25.6 Å². The first kappa shape index (κ1) is 9.14. The summed E-state index contributed by atoms with van der Waals surface area (Å²) in [6.07, 6.45) is 0. The average molecular weight is 186 g/mol. The number of thiophene rings is 1. The molecule has 0 aliphatic carbocycles. The van der Waals surface area contributed by atoms with Gasteiger partial charge >= 0.3 is 0 Å². The fourth-order valence-corrected chi connectivity index (χ4v) is 2.29. The Morgan fingerprint density at radius 1 is 1.45 bits per heavy atom. The molecule has 0 nitrogen and oxygen atoms in total. The molecule has 0 radical (unpaired) electrons. The number of thioether (sulfide) groups is 1. The van der Waals surface area contributed by atoms with Gasteiger partial charge in [-0.15, -0.1) is 11.3 Å². The topological polar surface area (TPSA) is 0 Å². The Morgan fingerprint density at radius 2 is 2.18 bits per heavy atom. The highest BCUT2D eigenvalue weighted by Gasteiger charge is 2.10. The molecule has 1 heterocycles. The largest absolute Gasteiger partial charge is 0.150 e. The van der Waals surface area contributed by atoms with Crippen LogP contribution in [0.4, 0.5) is 0 Å². The molecule has 2 heteroatoms. The van der Waals surface area contributed by atoms with Crippen molar-refractivity contribution in [3.63, 3.8) is 0 Å². The van der Waals surface area contributed by atoms with Crippen LogP contribution in [0.25, 0.3) is 0 Å². The molecule has 0 aromatic carbocycles. The van der Waals surface area contributed by atoms with E-state index in [9.17, 15) is 0 Å². The molecule has 0 saturated carbocycles. The van der Waals surface area contributed by atoms with E-state index in [0.717, 1.165) is 5.75 Å². The fraction of sp³-hybridized carbons (Fsp3) is 0.556.